The topological polar surface area (TPSA) is 26.3 Å². The van der Waals surface area contributed by atoms with Crippen molar-refractivity contribution in [3.63, 3.8) is 0 Å². The van der Waals surface area contributed by atoms with Crippen LogP contribution in [0.1, 0.15) is 12.5 Å². The number of ether oxygens (including phenoxy) is 1. The van der Waals surface area contributed by atoms with E-state index < -0.39 is 0 Å². The van der Waals surface area contributed by atoms with Crippen LogP contribution in [0.15, 0.2) is 42.5 Å². The van der Waals surface area contributed by atoms with Gasteiger partial charge in [0.1, 0.15) is 6.61 Å². The molecule has 1 heterocycles. The Hall–Kier alpha value is -1.57. The highest BCUT2D eigenvalue weighted by Crippen LogP contribution is 2.36. The predicted octanol–water partition coefficient (Wildman–Crippen LogP) is 2.06. The minimum Gasteiger partial charge on any atom is -0.461 e. The molecule has 1 fully saturated rings. The summed E-state index contributed by atoms with van der Waals surface area (Å²) in [7, 11) is 0. The first kappa shape index (κ1) is 9.00. The first-order chi connectivity index (χ1) is 6.64. The number of hydrogen-bond acceptors (Lipinski definition) is 2. The van der Waals surface area contributed by atoms with Crippen LogP contribution in [0.5, 0.6) is 0 Å². The summed E-state index contributed by atoms with van der Waals surface area (Å²) in [6, 6.07) is 9.85. The zero-order valence-corrected chi connectivity index (χ0v) is 8.12. The largest absolute Gasteiger partial charge is 0.461 e. The first-order valence-corrected chi connectivity index (χ1v) is 4.56. The van der Waals surface area contributed by atoms with Gasteiger partial charge in [0.05, 0.1) is 5.41 Å². The molecular weight excluding hydrogens is 176 g/mol. The fourth-order valence-electron chi connectivity index (χ4n) is 1.67. The van der Waals surface area contributed by atoms with Gasteiger partial charge in [-0.05, 0) is 12.5 Å². The minimum atomic E-state index is -0.349. The van der Waals surface area contributed by atoms with Gasteiger partial charge in [-0.1, -0.05) is 36.9 Å². The standard InChI is InChI=1S/C12H12O2/c1-9-11(13)14-8-12(9,2)10-6-4-3-5-7-10/h3-7H,1,8H2,2H3/t12-/m1/s1. The van der Waals surface area contributed by atoms with E-state index in [4.69, 9.17) is 4.74 Å². The van der Waals surface area contributed by atoms with Crippen molar-refractivity contribution in [3.05, 3.63) is 48.0 Å². The van der Waals surface area contributed by atoms with Crippen LogP contribution >= 0.6 is 0 Å². The van der Waals surface area contributed by atoms with E-state index in [1.54, 1.807) is 0 Å². The molecule has 2 heteroatoms. The molecule has 1 aliphatic rings. The molecular formula is C12H12O2. The van der Waals surface area contributed by atoms with Gasteiger partial charge in [0.2, 0.25) is 0 Å². The minimum absolute atomic E-state index is 0.281. The number of cyclic esters (lactones) is 1. The summed E-state index contributed by atoms with van der Waals surface area (Å²) >= 11 is 0. The van der Waals surface area contributed by atoms with E-state index in [0.717, 1.165) is 5.56 Å². The Morgan fingerprint density at radius 2 is 2.00 bits per heavy atom. The van der Waals surface area contributed by atoms with E-state index in [-0.39, 0.29) is 11.4 Å². The van der Waals surface area contributed by atoms with E-state index in [1.807, 2.05) is 37.3 Å². The number of esters is 1. The van der Waals surface area contributed by atoms with Crippen molar-refractivity contribution in [3.8, 4) is 0 Å². The molecule has 2 nitrogen and oxygen atoms in total. The quantitative estimate of drug-likeness (QED) is 0.498. The van der Waals surface area contributed by atoms with Gasteiger partial charge < -0.3 is 4.74 Å². The molecule has 1 aromatic carbocycles. The summed E-state index contributed by atoms with van der Waals surface area (Å²) in [5.74, 6) is -0.281. The molecule has 0 unspecified atom stereocenters. The van der Waals surface area contributed by atoms with Gasteiger partial charge in [-0.2, -0.15) is 0 Å². The van der Waals surface area contributed by atoms with Crippen LogP contribution in [0, 0.1) is 0 Å². The van der Waals surface area contributed by atoms with Crippen LogP contribution in [0.3, 0.4) is 0 Å². The van der Waals surface area contributed by atoms with Crippen molar-refractivity contribution in [1.29, 1.82) is 0 Å². The third-order valence-corrected chi connectivity index (χ3v) is 2.82. The maximum Gasteiger partial charge on any atom is 0.334 e. The summed E-state index contributed by atoms with van der Waals surface area (Å²) in [5.41, 5.74) is 1.28. The van der Waals surface area contributed by atoms with E-state index >= 15 is 0 Å². The molecule has 0 N–H and O–H groups in total. The Kier molecular flexibility index (Phi) is 1.92. The lowest BCUT2D eigenvalue weighted by Gasteiger charge is -2.21. The van der Waals surface area contributed by atoms with Crippen molar-refractivity contribution >= 4 is 5.97 Å². The van der Waals surface area contributed by atoms with E-state index in [9.17, 15) is 4.79 Å². The van der Waals surface area contributed by atoms with Gasteiger partial charge in [0.25, 0.3) is 0 Å². The zero-order chi connectivity index (χ0) is 10.2. The van der Waals surface area contributed by atoms with Crippen LogP contribution in [0.2, 0.25) is 0 Å². The van der Waals surface area contributed by atoms with Crippen LogP contribution in [0.25, 0.3) is 0 Å². The summed E-state index contributed by atoms with van der Waals surface area (Å²) in [5, 5.41) is 0. The Balaban J connectivity index is 2.44. The molecule has 1 aromatic rings. The number of hydrogen-bond donors (Lipinski definition) is 0. The summed E-state index contributed by atoms with van der Waals surface area (Å²) in [6.07, 6.45) is 0. The highest BCUT2D eigenvalue weighted by atomic mass is 16.5. The molecule has 0 bridgehead atoms. The van der Waals surface area contributed by atoms with Crippen molar-refractivity contribution in [2.75, 3.05) is 6.61 Å². The molecule has 1 saturated heterocycles. The number of carbonyl (C=O) groups excluding carboxylic acids is 1. The highest BCUT2D eigenvalue weighted by Gasteiger charge is 2.41. The second-order valence-electron chi connectivity index (χ2n) is 3.75. The number of benzene rings is 1. The summed E-state index contributed by atoms with van der Waals surface area (Å²) < 4.78 is 5.00. The molecule has 0 aliphatic carbocycles. The third kappa shape index (κ3) is 1.15. The van der Waals surface area contributed by atoms with Crippen LogP contribution in [-0.4, -0.2) is 12.6 Å². The zero-order valence-electron chi connectivity index (χ0n) is 8.12. The number of rotatable bonds is 1. The third-order valence-electron chi connectivity index (χ3n) is 2.82. The summed E-state index contributed by atoms with van der Waals surface area (Å²) in [4.78, 5) is 11.2. The van der Waals surface area contributed by atoms with Gasteiger partial charge in [-0.15, -0.1) is 0 Å². The summed E-state index contributed by atoms with van der Waals surface area (Å²) in [6.45, 7) is 6.17. The van der Waals surface area contributed by atoms with Gasteiger partial charge in [0.15, 0.2) is 0 Å². The molecule has 0 aromatic heterocycles. The fourth-order valence-corrected chi connectivity index (χ4v) is 1.67. The van der Waals surface area contributed by atoms with E-state index in [0.29, 0.717) is 12.2 Å². The van der Waals surface area contributed by atoms with Crippen molar-refractivity contribution < 1.29 is 9.53 Å². The van der Waals surface area contributed by atoms with Gasteiger partial charge >= 0.3 is 5.97 Å². The molecule has 72 valence electrons. The van der Waals surface area contributed by atoms with E-state index in [1.165, 1.54) is 0 Å². The second-order valence-corrected chi connectivity index (χ2v) is 3.75. The molecule has 0 radical (unpaired) electrons. The lowest BCUT2D eigenvalue weighted by molar-refractivity contribution is -0.135. The van der Waals surface area contributed by atoms with E-state index in [2.05, 4.69) is 6.58 Å². The average Bonchev–Trinajstić information content (AvgIpc) is 2.49. The van der Waals surface area contributed by atoms with Gasteiger partial charge in [-0.3, -0.25) is 0 Å². The Morgan fingerprint density at radius 1 is 1.36 bits per heavy atom. The fraction of sp³-hybridized carbons (Fsp3) is 0.250. The smallest absolute Gasteiger partial charge is 0.334 e. The van der Waals surface area contributed by atoms with Crippen LogP contribution in [0.4, 0.5) is 0 Å². The van der Waals surface area contributed by atoms with Crippen molar-refractivity contribution in [2.24, 2.45) is 0 Å². The highest BCUT2D eigenvalue weighted by molar-refractivity contribution is 5.93. The normalized spacial score (nSPS) is 26.4. The molecule has 1 aliphatic heterocycles. The lowest BCUT2D eigenvalue weighted by atomic mass is 9.79. The van der Waals surface area contributed by atoms with Crippen molar-refractivity contribution in [2.45, 2.75) is 12.3 Å². The monoisotopic (exact) mass is 188 g/mol. The van der Waals surface area contributed by atoms with Crippen LogP contribution in [-0.2, 0) is 14.9 Å². The molecule has 0 spiro atoms. The maximum atomic E-state index is 11.2. The number of carbonyl (C=O) groups is 1. The Labute approximate surface area is 83.2 Å². The maximum absolute atomic E-state index is 11.2. The molecule has 1 atom stereocenters. The predicted molar refractivity (Wildman–Crippen MR) is 53.9 cm³/mol. The molecule has 2 rings (SSSR count). The lowest BCUT2D eigenvalue weighted by Crippen LogP contribution is -2.23. The molecule has 14 heavy (non-hydrogen) atoms. The van der Waals surface area contributed by atoms with Gasteiger partial charge in [-0.25, -0.2) is 4.79 Å². The second kappa shape index (κ2) is 2.98. The van der Waals surface area contributed by atoms with Crippen LogP contribution < -0.4 is 0 Å². The Bertz CT molecular complexity index is 381. The van der Waals surface area contributed by atoms with Gasteiger partial charge in [0, 0.05) is 5.57 Å². The molecule has 0 saturated carbocycles. The Morgan fingerprint density at radius 3 is 2.50 bits per heavy atom. The average molecular weight is 188 g/mol. The molecule has 0 amide bonds. The SMILES string of the molecule is C=C1C(=O)OC[C@@]1(C)c1ccccc1. The van der Waals surface area contributed by atoms with Crippen molar-refractivity contribution in [1.82, 2.24) is 0 Å². The first-order valence-electron chi connectivity index (χ1n) is 4.56.